The van der Waals surface area contributed by atoms with E-state index >= 15 is 0 Å². The van der Waals surface area contributed by atoms with Gasteiger partial charge in [0, 0.05) is 6.42 Å². The van der Waals surface area contributed by atoms with E-state index in [0.29, 0.717) is 0 Å². The number of nitrogens with two attached hydrogens (primary N) is 2. The molecule has 0 saturated carbocycles. The summed E-state index contributed by atoms with van der Waals surface area (Å²) in [4.78, 5) is 63.2. The first-order valence-electron chi connectivity index (χ1n) is 14.2. The smallest absolute Gasteiger partial charge is 0.390 e. The lowest BCUT2D eigenvalue weighted by Gasteiger charge is -2.21. The van der Waals surface area contributed by atoms with E-state index < -0.39 is 87.5 Å². The molecule has 2 saturated heterocycles. The number of ether oxygens (including phenoxy) is 2. The Hall–Kier alpha value is -2.94. The van der Waals surface area contributed by atoms with Crippen LogP contribution in [0.25, 0.3) is 22.3 Å². The largest absolute Gasteiger partial charge is 0.490 e. The van der Waals surface area contributed by atoms with E-state index in [1.54, 1.807) is 0 Å². The van der Waals surface area contributed by atoms with Gasteiger partial charge in [-0.1, -0.05) is 0 Å². The molecule has 2 fully saturated rings. The van der Waals surface area contributed by atoms with Gasteiger partial charge in [-0.3, -0.25) is 18.2 Å². The Kier molecular flexibility index (Phi) is 10.7. The van der Waals surface area contributed by atoms with E-state index in [0.717, 1.165) is 19.0 Å². The topological polar surface area (TPSA) is 414 Å². The normalized spacial score (nSPS) is 29.9. The number of hydrogen-bond donors (Lipinski definition) is 9. The maximum atomic E-state index is 12.4. The second kappa shape index (κ2) is 14.4. The molecule has 2 aliphatic heterocycles. The van der Waals surface area contributed by atoms with Crippen LogP contribution >= 0.6 is 31.3 Å². The van der Waals surface area contributed by atoms with E-state index in [1.165, 1.54) is 15.5 Å². The molecular weight excluding hydrogens is 792 g/mol. The van der Waals surface area contributed by atoms with Crippen molar-refractivity contribution in [1.29, 1.82) is 0 Å². The van der Waals surface area contributed by atoms with Gasteiger partial charge in [-0.15, -0.1) is 0 Å². The number of hydrogen-bond acceptors (Lipinski definition) is 22. The molecule has 52 heavy (non-hydrogen) atoms. The number of aromatic nitrogens is 8. The molecule has 0 radical (unpaired) electrons. The van der Waals surface area contributed by atoms with E-state index in [1.807, 2.05) is 0 Å². The molecule has 32 heteroatoms. The summed E-state index contributed by atoms with van der Waals surface area (Å²) in [5, 5.41) is 31.3. The molecule has 0 aromatic carbocycles. The minimum atomic E-state index is -6.15. The number of aliphatic hydroxyl groups excluding tert-OH is 3. The number of nitrogens with zero attached hydrogens (tertiary/aromatic N) is 8. The van der Waals surface area contributed by atoms with Gasteiger partial charge in [0.15, 0.2) is 29.2 Å². The van der Waals surface area contributed by atoms with E-state index in [-0.39, 0.29) is 40.4 Å². The Balaban J connectivity index is 1.00. The molecule has 6 heterocycles. The first kappa shape index (κ1) is 38.8. The number of imidazole rings is 2. The van der Waals surface area contributed by atoms with Crippen LogP contribution < -0.4 is 11.5 Å². The number of rotatable bonds is 14. The molecule has 0 aliphatic carbocycles. The summed E-state index contributed by atoms with van der Waals surface area (Å²) in [6.45, 7) is -2.03. The van der Waals surface area contributed by atoms with Crippen molar-refractivity contribution in [3.8, 4) is 0 Å². The first-order valence-corrected chi connectivity index (χ1v) is 20.2. The number of phosphoric ester groups is 2. The molecule has 11 N–H and O–H groups in total. The highest BCUT2D eigenvalue weighted by Crippen LogP contribution is 2.71. The predicted molar refractivity (Wildman–Crippen MR) is 164 cm³/mol. The Morgan fingerprint density at radius 2 is 1.15 bits per heavy atom. The van der Waals surface area contributed by atoms with Crippen LogP contribution in [-0.2, 0) is 49.7 Å². The van der Waals surface area contributed by atoms with Gasteiger partial charge in [0.25, 0.3) is 0 Å². The summed E-state index contributed by atoms with van der Waals surface area (Å²) in [6, 6.07) is 0. The molecule has 4 aromatic rings. The molecule has 0 bridgehead atoms. The number of phosphoric acid groups is 4. The van der Waals surface area contributed by atoms with Gasteiger partial charge >= 0.3 is 31.3 Å². The zero-order chi connectivity index (χ0) is 37.8. The maximum Gasteiger partial charge on any atom is 0.490 e. The average molecular weight is 820 g/mol. The van der Waals surface area contributed by atoms with Gasteiger partial charge in [-0.05, 0) is 0 Å². The lowest BCUT2D eigenvalue weighted by molar-refractivity contribution is -0.0503. The third-order valence-electron chi connectivity index (χ3n) is 7.32. The molecule has 4 aromatic heterocycles. The van der Waals surface area contributed by atoms with Gasteiger partial charge in [0.2, 0.25) is 0 Å². The molecule has 2 aliphatic rings. The summed E-state index contributed by atoms with van der Waals surface area (Å²) >= 11 is 0. The summed E-state index contributed by atoms with van der Waals surface area (Å²) in [7, 11) is -23.7. The van der Waals surface area contributed by atoms with Gasteiger partial charge in [-0.2, -0.15) is 12.9 Å². The van der Waals surface area contributed by atoms with Crippen LogP contribution in [0, 0.1) is 0 Å². The number of fused-ring (bicyclic) bond motifs is 2. The molecule has 0 spiro atoms. The second-order valence-corrected chi connectivity index (χ2v) is 17.1. The third-order valence-corrected chi connectivity index (χ3v) is 13.2. The fourth-order valence-electron chi connectivity index (χ4n) is 5.07. The quantitative estimate of drug-likeness (QED) is 0.0659. The number of anilines is 2. The zero-order valence-corrected chi connectivity index (χ0v) is 29.2. The van der Waals surface area contributed by atoms with Crippen molar-refractivity contribution in [2.75, 3.05) is 24.7 Å². The summed E-state index contributed by atoms with van der Waals surface area (Å²) in [5.74, 6) is 0.0639. The predicted octanol–water partition coefficient (Wildman–Crippen LogP) is -1.42. The van der Waals surface area contributed by atoms with Gasteiger partial charge in [0.1, 0.15) is 54.3 Å². The summed E-state index contributed by atoms with van der Waals surface area (Å²) in [5.41, 5.74) is 12.2. The zero-order valence-electron chi connectivity index (χ0n) is 25.6. The molecule has 286 valence electrons. The minimum Gasteiger partial charge on any atom is -0.390 e. The maximum absolute atomic E-state index is 12.4. The van der Waals surface area contributed by atoms with Crippen molar-refractivity contribution >= 4 is 65.3 Å². The van der Waals surface area contributed by atoms with Crippen molar-refractivity contribution in [3.05, 3.63) is 25.3 Å². The highest BCUT2D eigenvalue weighted by Gasteiger charge is 2.49. The average Bonchev–Trinajstić information content (AvgIpc) is 3.80. The van der Waals surface area contributed by atoms with Crippen LogP contribution in [0.15, 0.2) is 25.3 Å². The SMILES string of the molecule is Nc1ncnc2c1ncn2[C@@H]1O[C@H](COP(=O)(O)OP(=O)(O)OP(=O)(O)OP(=O)(O)OC[C@H]2O[C@@H](n3cnc4c(N)ncnc43)C[C@H]2O)C(O)[C@@H]1O. The van der Waals surface area contributed by atoms with Crippen molar-refractivity contribution in [1.82, 2.24) is 39.0 Å². The van der Waals surface area contributed by atoms with Crippen molar-refractivity contribution in [3.63, 3.8) is 0 Å². The lowest BCUT2D eigenvalue weighted by atomic mass is 10.1. The third kappa shape index (κ3) is 8.39. The molecule has 0 amide bonds. The van der Waals surface area contributed by atoms with E-state index in [2.05, 4.69) is 51.9 Å². The van der Waals surface area contributed by atoms with Crippen molar-refractivity contribution in [2.45, 2.75) is 49.4 Å². The fraction of sp³-hybridized carbons (Fsp3) is 0.500. The molecule has 5 unspecified atom stereocenters. The van der Waals surface area contributed by atoms with Crippen LogP contribution in [0.5, 0.6) is 0 Å². The number of nitrogen functional groups attached to an aromatic ring is 2. The molecule has 6 rings (SSSR count). The fourth-order valence-corrected chi connectivity index (χ4v) is 10.0. The van der Waals surface area contributed by atoms with Crippen molar-refractivity contribution in [2.24, 2.45) is 0 Å². The van der Waals surface area contributed by atoms with E-state index in [9.17, 15) is 53.2 Å². The lowest BCUT2D eigenvalue weighted by Crippen LogP contribution is -2.33. The van der Waals surface area contributed by atoms with Crippen LogP contribution in [0.2, 0.25) is 0 Å². The van der Waals surface area contributed by atoms with Crippen LogP contribution in [0.1, 0.15) is 18.9 Å². The first-order chi connectivity index (χ1) is 24.2. The monoisotopic (exact) mass is 820 g/mol. The van der Waals surface area contributed by atoms with Gasteiger partial charge in [-0.25, -0.2) is 48.2 Å². The minimum absolute atomic E-state index is 0.00564. The van der Waals surface area contributed by atoms with Gasteiger partial charge in [0.05, 0.1) is 32.0 Å². The number of aliphatic hydroxyl groups is 3. The Labute approximate surface area is 288 Å². The Morgan fingerprint density at radius 3 is 1.71 bits per heavy atom. The van der Waals surface area contributed by atoms with E-state index in [4.69, 9.17) is 20.9 Å². The molecule has 11 atom stereocenters. The summed E-state index contributed by atoms with van der Waals surface area (Å²) < 4.78 is 83.9. The van der Waals surface area contributed by atoms with Crippen LogP contribution in [0.3, 0.4) is 0 Å². The highest BCUT2D eigenvalue weighted by molar-refractivity contribution is 7.69. The Morgan fingerprint density at radius 1 is 0.673 bits per heavy atom. The molecular formula is C20H28N10O18P4. The Bertz CT molecular complexity index is 2160. The summed E-state index contributed by atoms with van der Waals surface area (Å²) in [6.07, 6.45) is -5.44. The van der Waals surface area contributed by atoms with Crippen molar-refractivity contribution < 1.29 is 84.6 Å². The highest BCUT2D eigenvalue weighted by atomic mass is 31.3. The second-order valence-electron chi connectivity index (χ2n) is 10.9. The van der Waals surface area contributed by atoms with Crippen LogP contribution in [-0.4, -0.2) is 118 Å². The standard InChI is InChI=1S/C20H28N10O18P4/c21-16-12-18(25-4-23-16)29(6-27-12)11-1-8(31)9(44-11)2-42-49(34,35)46-51(38,39)48-52(40,41)47-50(36,37)43-3-10-14(32)15(33)20(45-10)30-7-28-13-17(22)24-5-26-19(13)30/h4-11,14-15,20,31-33H,1-3H2,(H,34,35)(H,36,37)(H,38,39)(H,40,41)(H2,21,23,25)(H2,22,24,26)/t8-,9-,10-,11-,14?,15+,20-/m1/s1. The van der Waals surface area contributed by atoms with Crippen LogP contribution in [0.4, 0.5) is 11.6 Å². The van der Waals surface area contributed by atoms with Gasteiger partial charge < -0.3 is 55.8 Å². The molecule has 28 nitrogen and oxygen atoms in total.